The molecule has 1 aromatic rings. The van der Waals surface area contributed by atoms with E-state index in [1.807, 2.05) is 7.05 Å². The number of rotatable bonds is 4. The van der Waals surface area contributed by atoms with Crippen LogP contribution in [0.2, 0.25) is 0 Å². The highest BCUT2D eigenvalue weighted by Crippen LogP contribution is 2.20. The molecule has 3 nitrogen and oxygen atoms in total. The van der Waals surface area contributed by atoms with Crippen LogP contribution in [0.1, 0.15) is 32.3 Å². The first-order chi connectivity index (χ1) is 7.20. The minimum Gasteiger partial charge on any atom is -0.370 e. The second-order valence-electron chi connectivity index (χ2n) is 3.75. The van der Waals surface area contributed by atoms with Gasteiger partial charge in [0.15, 0.2) is 0 Å². The Morgan fingerprint density at radius 1 is 1.60 bits per heavy atom. The molecule has 0 aliphatic carbocycles. The first-order valence-electron chi connectivity index (χ1n) is 5.27. The van der Waals surface area contributed by atoms with Gasteiger partial charge in [0.05, 0.1) is 17.4 Å². The Kier molecular flexibility index (Phi) is 4.11. The molecule has 1 heterocycles. The molecule has 1 rings (SSSR count). The van der Waals surface area contributed by atoms with Crippen LogP contribution in [-0.4, -0.2) is 18.1 Å². The molecule has 1 unspecified atom stereocenters. The molecule has 0 saturated heterocycles. The van der Waals surface area contributed by atoms with Gasteiger partial charge in [-0.05, 0) is 19.4 Å². The summed E-state index contributed by atoms with van der Waals surface area (Å²) in [5, 5.41) is 8.97. The molecule has 0 saturated carbocycles. The zero-order chi connectivity index (χ0) is 11.3. The summed E-state index contributed by atoms with van der Waals surface area (Å²) in [4.78, 5) is 6.18. The number of pyridine rings is 1. The number of hydrogen-bond acceptors (Lipinski definition) is 3. The van der Waals surface area contributed by atoms with Gasteiger partial charge in [-0.15, -0.1) is 0 Å². The van der Waals surface area contributed by atoms with E-state index in [2.05, 4.69) is 29.8 Å². The lowest BCUT2D eigenvalue weighted by atomic mass is 10.1. The Hall–Kier alpha value is -1.56. The fourth-order valence-electron chi connectivity index (χ4n) is 1.61. The van der Waals surface area contributed by atoms with Crippen LogP contribution in [0.4, 0.5) is 5.69 Å². The number of aromatic nitrogens is 1. The van der Waals surface area contributed by atoms with Crippen LogP contribution < -0.4 is 4.90 Å². The summed E-state index contributed by atoms with van der Waals surface area (Å²) in [6.45, 7) is 4.33. The van der Waals surface area contributed by atoms with E-state index in [0.29, 0.717) is 11.6 Å². The Balaban J connectivity index is 2.91. The molecule has 0 N–H and O–H groups in total. The quantitative estimate of drug-likeness (QED) is 0.755. The Morgan fingerprint density at radius 2 is 2.33 bits per heavy atom. The zero-order valence-corrected chi connectivity index (χ0v) is 9.57. The second-order valence-corrected chi connectivity index (χ2v) is 3.75. The van der Waals surface area contributed by atoms with Crippen molar-refractivity contribution < 1.29 is 0 Å². The molecule has 15 heavy (non-hydrogen) atoms. The van der Waals surface area contributed by atoms with Crippen LogP contribution in [0.25, 0.3) is 0 Å². The van der Waals surface area contributed by atoms with E-state index in [1.54, 1.807) is 18.5 Å². The van der Waals surface area contributed by atoms with Gasteiger partial charge in [-0.2, -0.15) is 5.26 Å². The van der Waals surface area contributed by atoms with Gasteiger partial charge in [-0.3, -0.25) is 4.98 Å². The molecule has 0 radical (unpaired) electrons. The van der Waals surface area contributed by atoms with Gasteiger partial charge < -0.3 is 4.90 Å². The van der Waals surface area contributed by atoms with E-state index >= 15 is 0 Å². The van der Waals surface area contributed by atoms with Crippen LogP contribution >= 0.6 is 0 Å². The summed E-state index contributed by atoms with van der Waals surface area (Å²) in [7, 11) is 2.01. The molecule has 1 aromatic heterocycles. The van der Waals surface area contributed by atoms with Crippen LogP contribution in [-0.2, 0) is 0 Å². The van der Waals surface area contributed by atoms with Crippen molar-refractivity contribution in [2.45, 2.75) is 32.7 Å². The summed E-state index contributed by atoms with van der Waals surface area (Å²) >= 11 is 0. The van der Waals surface area contributed by atoms with Crippen molar-refractivity contribution in [1.29, 1.82) is 5.26 Å². The molecule has 1 atom stereocenters. The maximum Gasteiger partial charge on any atom is 0.101 e. The number of hydrogen-bond donors (Lipinski definition) is 0. The lowest BCUT2D eigenvalue weighted by Crippen LogP contribution is -2.29. The third kappa shape index (κ3) is 2.69. The van der Waals surface area contributed by atoms with Gasteiger partial charge in [-0.25, -0.2) is 0 Å². The van der Waals surface area contributed by atoms with Crippen molar-refractivity contribution in [2.75, 3.05) is 11.9 Å². The van der Waals surface area contributed by atoms with Crippen LogP contribution in [0.5, 0.6) is 0 Å². The molecule has 0 fully saturated rings. The standard InChI is InChI=1S/C12H17N3/c1-4-5-10(2)15(3)12-9-14-7-6-11(12)8-13/h6-7,9-10H,4-5H2,1-3H3. The van der Waals surface area contributed by atoms with Crippen LogP contribution in [0.3, 0.4) is 0 Å². The summed E-state index contributed by atoms with van der Waals surface area (Å²) in [6.07, 6.45) is 5.68. The molecule has 3 heteroatoms. The van der Waals surface area contributed by atoms with E-state index in [-0.39, 0.29) is 0 Å². The Morgan fingerprint density at radius 3 is 2.93 bits per heavy atom. The minimum absolute atomic E-state index is 0.436. The third-order valence-electron chi connectivity index (χ3n) is 2.67. The van der Waals surface area contributed by atoms with Gasteiger partial charge in [-0.1, -0.05) is 13.3 Å². The highest BCUT2D eigenvalue weighted by molar-refractivity contribution is 5.57. The minimum atomic E-state index is 0.436. The predicted molar refractivity (Wildman–Crippen MR) is 61.7 cm³/mol. The molecule has 0 spiro atoms. The Labute approximate surface area is 91.4 Å². The molecular formula is C12H17N3. The van der Waals surface area contributed by atoms with Crippen molar-refractivity contribution >= 4 is 5.69 Å². The SMILES string of the molecule is CCCC(C)N(C)c1cnccc1C#N. The first-order valence-corrected chi connectivity index (χ1v) is 5.27. The largest absolute Gasteiger partial charge is 0.370 e. The topological polar surface area (TPSA) is 39.9 Å². The number of nitrogens with zero attached hydrogens (tertiary/aromatic N) is 3. The molecule has 0 aliphatic heterocycles. The van der Waals surface area contributed by atoms with E-state index in [4.69, 9.17) is 5.26 Å². The Bertz CT molecular complexity index is 354. The molecule has 0 bridgehead atoms. The van der Waals surface area contributed by atoms with E-state index in [9.17, 15) is 0 Å². The normalized spacial score (nSPS) is 11.9. The van der Waals surface area contributed by atoms with Gasteiger partial charge in [0.25, 0.3) is 0 Å². The predicted octanol–water partition coefficient (Wildman–Crippen LogP) is 2.58. The van der Waals surface area contributed by atoms with Crippen LogP contribution in [0, 0.1) is 11.3 Å². The molecule has 0 amide bonds. The van der Waals surface area contributed by atoms with Crippen molar-refractivity contribution in [3.8, 4) is 6.07 Å². The number of anilines is 1. The monoisotopic (exact) mass is 203 g/mol. The van der Waals surface area contributed by atoms with Crippen LogP contribution in [0.15, 0.2) is 18.5 Å². The van der Waals surface area contributed by atoms with Gasteiger partial charge >= 0.3 is 0 Å². The van der Waals surface area contributed by atoms with Crippen molar-refractivity contribution in [1.82, 2.24) is 4.98 Å². The smallest absolute Gasteiger partial charge is 0.101 e. The average Bonchev–Trinajstić information content (AvgIpc) is 2.28. The highest BCUT2D eigenvalue weighted by Gasteiger charge is 2.12. The molecular weight excluding hydrogens is 186 g/mol. The average molecular weight is 203 g/mol. The summed E-state index contributed by atoms with van der Waals surface area (Å²) in [6, 6.07) is 4.38. The summed E-state index contributed by atoms with van der Waals surface area (Å²) in [5.74, 6) is 0. The molecule has 80 valence electrons. The number of nitriles is 1. The van der Waals surface area contributed by atoms with Gasteiger partial charge in [0.1, 0.15) is 6.07 Å². The van der Waals surface area contributed by atoms with Crippen molar-refractivity contribution in [2.24, 2.45) is 0 Å². The first kappa shape index (κ1) is 11.5. The maximum atomic E-state index is 8.97. The lowest BCUT2D eigenvalue weighted by molar-refractivity contribution is 0.615. The summed E-state index contributed by atoms with van der Waals surface area (Å²) in [5.41, 5.74) is 1.61. The zero-order valence-electron chi connectivity index (χ0n) is 9.57. The highest BCUT2D eigenvalue weighted by atomic mass is 15.1. The molecule has 0 aliphatic rings. The summed E-state index contributed by atoms with van der Waals surface area (Å²) < 4.78 is 0. The fraction of sp³-hybridized carbons (Fsp3) is 0.500. The lowest BCUT2D eigenvalue weighted by Gasteiger charge is -2.27. The molecule has 0 aromatic carbocycles. The van der Waals surface area contributed by atoms with Crippen molar-refractivity contribution in [3.05, 3.63) is 24.0 Å². The van der Waals surface area contributed by atoms with E-state index in [1.165, 1.54) is 0 Å². The van der Waals surface area contributed by atoms with Gasteiger partial charge in [0.2, 0.25) is 0 Å². The third-order valence-corrected chi connectivity index (χ3v) is 2.67. The van der Waals surface area contributed by atoms with E-state index < -0.39 is 0 Å². The second kappa shape index (κ2) is 5.35. The van der Waals surface area contributed by atoms with Crippen molar-refractivity contribution in [3.63, 3.8) is 0 Å². The fourth-order valence-corrected chi connectivity index (χ4v) is 1.61. The van der Waals surface area contributed by atoms with Gasteiger partial charge in [0, 0.05) is 19.3 Å². The van der Waals surface area contributed by atoms with E-state index in [0.717, 1.165) is 18.5 Å². The maximum absolute atomic E-state index is 8.97.